The van der Waals surface area contributed by atoms with Crippen LogP contribution in [0.1, 0.15) is 16.7 Å². The minimum atomic E-state index is -0.0236. The van der Waals surface area contributed by atoms with Crippen LogP contribution in [-0.4, -0.2) is 20.1 Å². The normalized spacial score (nSPS) is 15.8. The molecule has 4 rings (SSSR count). The highest BCUT2D eigenvalue weighted by atomic mass is 15.1. The maximum atomic E-state index is 6.01. The zero-order chi connectivity index (χ0) is 23.0. The molecule has 0 spiro atoms. The SMILES string of the molecule is CN(C)c1ccc(C(=CC=CC(=C2C=CC(N)C=C2)c2ccccc2)c2ccccc2)cc1. The van der Waals surface area contributed by atoms with Crippen molar-refractivity contribution in [2.75, 3.05) is 19.0 Å². The predicted octanol–water partition coefficient (Wildman–Crippen LogP) is 6.65. The average molecular weight is 431 g/mol. The lowest BCUT2D eigenvalue weighted by Gasteiger charge is -2.14. The molecule has 2 nitrogen and oxygen atoms in total. The van der Waals surface area contributed by atoms with Crippen molar-refractivity contribution in [2.24, 2.45) is 5.73 Å². The second-order valence-electron chi connectivity index (χ2n) is 8.28. The summed E-state index contributed by atoms with van der Waals surface area (Å²) < 4.78 is 0. The summed E-state index contributed by atoms with van der Waals surface area (Å²) in [5, 5.41) is 0. The first-order valence-corrected chi connectivity index (χ1v) is 11.2. The Kier molecular flexibility index (Phi) is 7.19. The Balaban J connectivity index is 1.75. The monoisotopic (exact) mass is 430 g/mol. The molecule has 0 unspecified atom stereocenters. The van der Waals surface area contributed by atoms with Crippen LogP contribution in [-0.2, 0) is 0 Å². The van der Waals surface area contributed by atoms with E-state index in [1.165, 1.54) is 33.5 Å². The smallest absolute Gasteiger partial charge is 0.0416 e. The molecule has 0 amide bonds. The standard InChI is InChI=1S/C31H30N2/c1-33(2)29-22-18-27(19-23-29)31(25-12-7-4-8-13-25)15-9-14-30(24-10-5-3-6-11-24)26-16-20-28(32)21-17-26/h3-23,28H,32H2,1-2H3. The van der Waals surface area contributed by atoms with E-state index in [-0.39, 0.29) is 6.04 Å². The molecule has 0 saturated heterocycles. The molecule has 0 heterocycles. The Morgan fingerprint density at radius 2 is 1.27 bits per heavy atom. The van der Waals surface area contributed by atoms with Gasteiger partial charge in [-0.3, -0.25) is 0 Å². The van der Waals surface area contributed by atoms with E-state index in [1.54, 1.807) is 0 Å². The maximum Gasteiger partial charge on any atom is 0.0416 e. The summed E-state index contributed by atoms with van der Waals surface area (Å²) in [6, 6.07) is 29.7. The van der Waals surface area contributed by atoms with Crippen LogP contribution in [0.3, 0.4) is 0 Å². The van der Waals surface area contributed by atoms with Crippen LogP contribution in [0.15, 0.2) is 133 Å². The largest absolute Gasteiger partial charge is 0.378 e. The molecule has 0 aliphatic heterocycles. The van der Waals surface area contributed by atoms with Gasteiger partial charge in [0.1, 0.15) is 0 Å². The molecule has 2 heteroatoms. The summed E-state index contributed by atoms with van der Waals surface area (Å²) >= 11 is 0. The van der Waals surface area contributed by atoms with E-state index in [1.807, 2.05) is 18.2 Å². The lowest BCUT2D eigenvalue weighted by molar-refractivity contribution is 1.02. The molecule has 0 fully saturated rings. The fraction of sp³-hybridized carbons (Fsp3) is 0.0968. The molecule has 33 heavy (non-hydrogen) atoms. The van der Waals surface area contributed by atoms with Gasteiger partial charge in [-0.25, -0.2) is 0 Å². The van der Waals surface area contributed by atoms with Crippen molar-refractivity contribution in [1.29, 1.82) is 0 Å². The van der Waals surface area contributed by atoms with Crippen LogP contribution in [0.5, 0.6) is 0 Å². The van der Waals surface area contributed by atoms with E-state index >= 15 is 0 Å². The highest BCUT2D eigenvalue weighted by molar-refractivity contribution is 5.84. The van der Waals surface area contributed by atoms with Gasteiger partial charge in [-0.05, 0) is 45.5 Å². The van der Waals surface area contributed by atoms with Gasteiger partial charge >= 0.3 is 0 Å². The third kappa shape index (κ3) is 5.68. The lowest BCUT2D eigenvalue weighted by atomic mass is 9.94. The van der Waals surface area contributed by atoms with E-state index in [0.29, 0.717) is 0 Å². The van der Waals surface area contributed by atoms with Crippen LogP contribution in [0.2, 0.25) is 0 Å². The first-order valence-electron chi connectivity index (χ1n) is 11.2. The summed E-state index contributed by atoms with van der Waals surface area (Å²) in [5.74, 6) is 0. The second kappa shape index (κ2) is 10.6. The lowest BCUT2D eigenvalue weighted by Crippen LogP contribution is -2.14. The number of benzene rings is 3. The number of anilines is 1. The summed E-state index contributed by atoms with van der Waals surface area (Å²) in [4.78, 5) is 2.12. The second-order valence-corrected chi connectivity index (χ2v) is 8.28. The molecule has 3 aromatic carbocycles. The summed E-state index contributed by atoms with van der Waals surface area (Å²) in [7, 11) is 4.12. The Bertz CT molecular complexity index is 1190. The van der Waals surface area contributed by atoms with Crippen molar-refractivity contribution in [3.8, 4) is 0 Å². The van der Waals surface area contributed by atoms with Gasteiger partial charge in [0.25, 0.3) is 0 Å². The van der Waals surface area contributed by atoms with Gasteiger partial charge in [0.15, 0.2) is 0 Å². The van der Waals surface area contributed by atoms with Crippen LogP contribution < -0.4 is 10.6 Å². The molecule has 0 aromatic heterocycles. The molecule has 2 N–H and O–H groups in total. The Morgan fingerprint density at radius 3 is 1.85 bits per heavy atom. The van der Waals surface area contributed by atoms with Crippen molar-refractivity contribution < 1.29 is 0 Å². The van der Waals surface area contributed by atoms with Crippen molar-refractivity contribution >= 4 is 16.8 Å². The van der Waals surface area contributed by atoms with Gasteiger partial charge in [-0.2, -0.15) is 0 Å². The highest BCUT2D eigenvalue weighted by Crippen LogP contribution is 2.27. The number of nitrogens with zero attached hydrogens (tertiary/aromatic N) is 1. The van der Waals surface area contributed by atoms with Gasteiger partial charge in [0, 0.05) is 25.8 Å². The van der Waals surface area contributed by atoms with Crippen molar-refractivity contribution in [1.82, 2.24) is 0 Å². The van der Waals surface area contributed by atoms with E-state index < -0.39 is 0 Å². The molecule has 0 saturated carbocycles. The third-order valence-corrected chi connectivity index (χ3v) is 5.70. The maximum absolute atomic E-state index is 6.01. The number of nitrogens with two attached hydrogens (primary N) is 1. The van der Waals surface area contributed by atoms with E-state index in [0.717, 1.165) is 5.57 Å². The van der Waals surface area contributed by atoms with Crippen LogP contribution >= 0.6 is 0 Å². The Labute approximate surface area is 197 Å². The molecule has 164 valence electrons. The first-order chi connectivity index (χ1) is 16.1. The molecule has 0 radical (unpaired) electrons. The van der Waals surface area contributed by atoms with Gasteiger partial charge in [0.2, 0.25) is 0 Å². The minimum absolute atomic E-state index is 0.0236. The van der Waals surface area contributed by atoms with Crippen molar-refractivity contribution in [3.05, 3.63) is 150 Å². The zero-order valence-corrected chi connectivity index (χ0v) is 19.2. The van der Waals surface area contributed by atoms with Crippen LogP contribution in [0, 0.1) is 0 Å². The highest BCUT2D eigenvalue weighted by Gasteiger charge is 2.07. The fourth-order valence-electron chi connectivity index (χ4n) is 3.86. The molecule has 1 aliphatic rings. The van der Waals surface area contributed by atoms with Crippen molar-refractivity contribution in [2.45, 2.75) is 6.04 Å². The summed E-state index contributed by atoms with van der Waals surface area (Å²) in [5.41, 5.74) is 14.3. The molecule has 1 aliphatic carbocycles. The zero-order valence-electron chi connectivity index (χ0n) is 19.2. The summed E-state index contributed by atoms with van der Waals surface area (Å²) in [6.45, 7) is 0. The van der Waals surface area contributed by atoms with Gasteiger partial charge in [-0.1, -0.05) is 115 Å². The predicted molar refractivity (Wildman–Crippen MR) is 143 cm³/mol. The van der Waals surface area contributed by atoms with E-state index in [9.17, 15) is 0 Å². The first kappa shape index (κ1) is 22.3. The molecular weight excluding hydrogens is 400 g/mol. The quantitative estimate of drug-likeness (QED) is 0.444. The average Bonchev–Trinajstić information content (AvgIpc) is 2.86. The van der Waals surface area contributed by atoms with Crippen LogP contribution in [0.4, 0.5) is 5.69 Å². The number of hydrogen-bond donors (Lipinski definition) is 1. The van der Waals surface area contributed by atoms with E-state index in [4.69, 9.17) is 5.73 Å². The molecule has 0 atom stereocenters. The van der Waals surface area contributed by atoms with E-state index in [2.05, 4.69) is 128 Å². The number of rotatable bonds is 6. The molecular formula is C31H30N2. The third-order valence-electron chi connectivity index (χ3n) is 5.70. The Morgan fingerprint density at radius 1 is 0.727 bits per heavy atom. The number of allylic oxidation sites excluding steroid dienone is 7. The fourth-order valence-corrected chi connectivity index (χ4v) is 3.86. The summed E-state index contributed by atoms with van der Waals surface area (Å²) in [6.07, 6.45) is 14.8. The number of hydrogen-bond acceptors (Lipinski definition) is 2. The van der Waals surface area contributed by atoms with Gasteiger partial charge in [-0.15, -0.1) is 0 Å². The van der Waals surface area contributed by atoms with Gasteiger partial charge in [0.05, 0.1) is 0 Å². The molecule has 0 bridgehead atoms. The topological polar surface area (TPSA) is 29.3 Å². The minimum Gasteiger partial charge on any atom is -0.378 e. The van der Waals surface area contributed by atoms with Crippen LogP contribution in [0.25, 0.3) is 11.1 Å². The van der Waals surface area contributed by atoms with Gasteiger partial charge < -0.3 is 10.6 Å². The van der Waals surface area contributed by atoms with Crippen molar-refractivity contribution in [3.63, 3.8) is 0 Å². The Hall–Kier alpha value is -3.88. The molecule has 3 aromatic rings.